The molecule has 3 N–H and O–H groups in total. The zero-order chi connectivity index (χ0) is 12.7. The van der Waals surface area contributed by atoms with E-state index in [1.165, 1.54) is 0 Å². The van der Waals surface area contributed by atoms with Gasteiger partial charge in [-0.2, -0.15) is 8.78 Å². The first-order valence-electron chi connectivity index (χ1n) is 5.90. The Morgan fingerprint density at radius 3 is 2.06 bits per heavy atom. The Bertz CT molecular complexity index is 325. The van der Waals surface area contributed by atoms with Gasteiger partial charge < -0.3 is 15.5 Å². The van der Waals surface area contributed by atoms with Crippen LogP contribution >= 0.6 is 0 Å². The summed E-state index contributed by atoms with van der Waals surface area (Å²) in [4.78, 5) is 11.4. The van der Waals surface area contributed by atoms with Crippen LogP contribution in [0.5, 0.6) is 0 Å². The van der Waals surface area contributed by atoms with Crippen molar-refractivity contribution < 1.29 is 23.8 Å². The number of halogens is 2. The molecular weight excluding hydrogens is 232 g/mol. The molecule has 98 valence electrons. The van der Waals surface area contributed by atoms with E-state index >= 15 is 0 Å². The number of rotatable bonds is 4. The number of hydrogen-bond acceptors (Lipinski definition) is 3. The van der Waals surface area contributed by atoms with Crippen molar-refractivity contribution in [3.63, 3.8) is 0 Å². The predicted molar refractivity (Wildman–Crippen MR) is 55.6 cm³/mol. The van der Waals surface area contributed by atoms with Crippen molar-refractivity contribution in [1.29, 1.82) is 0 Å². The van der Waals surface area contributed by atoms with E-state index in [2.05, 4.69) is 0 Å². The fraction of sp³-hybridized carbons (Fsp3) is 0.909. The molecule has 0 aromatic rings. The fourth-order valence-electron chi connectivity index (χ4n) is 2.15. The lowest BCUT2D eigenvalue weighted by Crippen LogP contribution is -2.62. The minimum Gasteiger partial charge on any atom is -0.388 e. The van der Waals surface area contributed by atoms with E-state index < -0.39 is 23.0 Å². The van der Waals surface area contributed by atoms with Crippen LogP contribution < -0.4 is 5.32 Å². The monoisotopic (exact) mass is 249 g/mol. The van der Waals surface area contributed by atoms with Crippen molar-refractivity contribution in [2.24, 2.45) is 0 Å². The summed E-state index contributed by atoms with van der Waals surface area (Å²) in [6.07, 6.45) is 2.26. The molecule has 2 rings (SSSR count). The standard InChI is InChI=1S/C11H17F2NO3/c12-11(13,10(17)5-2-6-10)8(15)14-7-9(16)3-1-4-9/h16-17H,1-7H2,(H,14,15). The molecule has 6 heteroatoms. The first-order chi connectivity index (χ1) is 7.79. The normalized spacial score (nSPS) is 25.6. The average molecular weight is 249 g/mol. The molecule has 1 amide bonds. The van der Waals surface area contributed by atoms with Gasteiger partial charge in [-0.25, -0.2) is 0 Å². The second-order valence-corrected chi connectivity index (χ2v) is 5.22. The van der Waals surface area contributed by atoms with Gasteiger partial charge in [0.2, 0.25) is 0 Å². The molecule has 0 atom stereocenters. The minimum absolute atomic E-state index is 0.0578. The van der Waals surface area contributed by atoms with Gasteiger partial charge in [0.25, 0.3) is 5.91 Å². The largest absolute Gasteiger partial charge is 0.388 e. The highest BCUT2D eigenvalue weighted by atomic mass is 19.3. The molecule has 0 spiro atoms. The highest BCUT2D eigenvalue weighted by molar-refractivity contribution is 5.85. The molecule has 0 aromatic carbocycles. The third-order valence-corrected chi connectivity index (χ3v) is 3.91. The number of alkyl halides is 2. The smallest absolute Gasteiger partial charge is 0.352 e. The highest BCUT2D eigenvalue weighted by Crippen LogP contribution is 2.44. The molecule has 0 aliphatic heterocycles. The van der Waals surface area contributed by atoms with Crippen molar-refractivity contribution in [3.05, 3.63) is 0 Å². The Morgan fingerprint density at radius 2 is 1.71 bits per heavy atom. The number of aliphatic hydroxyl groups is 2. The van der Waals surface area contributed by atoms with Gasteiger partial charge in [0.15, 0.2) is 0 Å². The Labute approximate surface area is 98.0 Å². The van der Waals surface area contributed by atoms with Gasteiger partial charge in [0, 0.05) is 6.54 Å². The quantitative estimate of drug-likeness (QED) is 0.682. The van der Waals surface area contributed by atoms with Gasteiger partial charge in [-0.15, -0.1) is 0 Å². The maximum atomic E-state index is 13.6. The van der Waals surface area contributed by atoms with E-state index in [-0.39, 0.29) is 19.4 Å². The lowest BCUT2D eigenvalue weighted by Gasteiger charge is -2.42. The molecule has 0 heterocycles. The number of hydrogen-bond donors (Lipinski definition) is 3. The molecule has 2 saturated carbocycles. The second kappa shape index (κ2) is 3.88. The molecule has 0 radical (unpaired) electrons. The molecule has 4 nitrogen and oxygen atoms in total. The topological polar surface area (TPSA) is 69.6 Å². The number of carbonyl (C=O) groups is 1. The molecule has 0 aromatic heterocycles. The molecule has 0 saturated heterocycles. The van der Waals surface area contributed by atoms with Crippen LogP contribution in [-0.2, 0) is 4.79 Å². The van der Waals surface area contributed by atoms with Crippen molar-refractivity contribution >= 4 is 5.91 Å². The molecule has 2 aliphatic rings. The van der Waals surface area contributed by atoms with E-state index in [9.17, 15) is 23.8 Å². The zero-order valence-electron chi connectivity index (χ0n) is 9.51. The lowest BCUT2D eigenvalue weighted by atomic mass is 9.75. The van der Waals surface area contributed by atoms with Gasteiger partial charge in [-0.05, 0) is 38.5 Å². The van der Waals surface area contributed by atoms with E-state index in [0.717, 1.165) is 6.42 Å². The summed E-state index contributed by atoms with van der Waals surface area (Å²) in [5, 5.41) is 21.3. The molecule has 2 aliphatic carbocycles. The van der Waals surface area contributed by atoms with E-state index in [1.54, 1.807) is 0 Å². The van der Waals surface area contributed by atoms with Gasteiger partial charge >= 0.3 is 5.92 Å². The summed E-state index contributed by atoms with van der Waals surface area (Å²) in [6.45, 7) is -0.169. The van der Waals surface area contributed by atoms with Crippen molar-refractivity contribution in [2.45, 2.75) is 55.6 Å². The van der Waals surface area contributed by atoms with Crippen molar-refractivity contribution in [2.75, 3.05) is 6.54 Å². The third-order valence-electron chi connectivity index (χ3n) is 3.91. The summed E-state index contributed by atoms with van der Waals surface area (Å²) in [6, 6.07) is 0. The number of carbonyl (C=O) groups excluding carboxylic acids is 1. The zero-order valence-corrected chi connectivity index (χ0v) is 9.51. The van der Waals surface area contributed by atoms with Gasteiger partial charge in [0.05, 0.1) is 5.60 Å². The van der Waals surface area contributed by atoms with Gasteiger partial charge in [-0.1, -0.05) is 0 Å². The summed E-state index contributed by atoms with van der Waals surface area (Å²) in [5.41, 5.74) is -3.23. The summed E-state index contributed by atoms with van der Waals surface area (Å²) >= 11 is 0. The predicted octanol–water partition coefficient (Wildman–Crippen LogP) is 0.568. The van der Waals surface area contributed by atoms with Gasteiger partial charge in [0.1, 0.15) is 5.60 Å². The molecule has 0 unspecified atom stereocenters. The Kier molecular flexibility index (Phi) is 2.90. The molecule has 2 fully saturated rings. The van der Waals surface area contributed by atoms with E-state index in [1.807, 2.05) is 5.32 Å². The SMILES string of the molecule is O=C(NCC1(O)CCC1)C(F)(F)C1(O)CCC1. The van der Waals surface area contributed by atoms with Crippen LogP contribution in [-0.4, -0.2) is 39.8 Å². The Balaban J connectivity index is 1.90. The van der Waals surface area contributed by atoms with Crippen LogP contribution in [0.1, 0.15) is 38.5 Å². The molecular formula is C11H17F2NO3. The van der Waals surface area contributed by atoms with Gasteiger partial charge in [-0.3, -0.25) is 4.79 Å². The maximum Gasteiger partial charge on any atom is 0.352 e. The Morgan fingerprint density at radius 1 is 1.18 bits per heavy atom. The van der Waals surface area contributed by atoms with Crippen molar-refractivity contribution in [1.82, 2.24) is 5.32 Å². The molecule has 0 bridgehead atoms. The molecule has 17 heavy (non-hydrogen) atoms. The maximum absolute atomic E-state index is 13.6. The Hall–Kier alpha value is -0.750. The van der Waals surface area contributed by atoms with Crippen LogP contribution in [0.15, 0.2) is 0 Å². The number of nitrogens with one attached hydrogen (secondary N) is 1. The summed E-state index contributed by atoms with van der Waals surface area (Å²) in [5.74, 6) is -5.26. The average Bonchev–Trinajstić information content (AvgIpc) is 2.19. The van der Waals surface area contributed by atoms with Crippen LogP contribution in [0.25, 0.3) is 0 Å². The lowest BCUT2D eigenvalue weighted by molar-refractivity contribution is -0.216. The van der Waals surface area contributed by atoms with E-state index in [4.69, 9.17) is 0 Å². The first kappa shape index (κ1) is 12.7. The summed E-state index contributed by atoms with van der Waals surface area (Å²) < 4.78 is 27.2. The minimum atomic E-state index is -3.77. The van der Waals surface area contributed by atoms with E-state index in [0.29, 0.717) is 19.3 Å². The van der Waals surface area contributed by atoms with Crippen LogP contribution in [0.3, 0.4) is 0 Å². The van der Waals surface area contributed by atoms with Crippen molar-refractivity contribution in [3.8, 4) is 0 Å². The fourth-order valence-corrected chi connectivity index (χ4v) is 2.15. The second-order valence-electron chi connectivity index (χ2n) is 5.22. The number of amides is 1. The third kappa shape index (κ3) is 2.04. The highest BCUT2D eigenvalue weighted by Gasteiger charge is 2.61. The van der Waals surface area contributed by atoms with Crippen LogP contribution in [0, 0.1) is 0 Å². The van der Waals surface area contributed by atoms with Crippen LogP contribution in [0.4, 0.5) is 8.78 Å². The van der Waals surface area contributed by atoms with Crippen LogP contribution in [0.2, 0.25) is 0 Å². The first-order valence-corrected chi connectivity index (χ1v) is 5.90. The summed E-state index contributed by atoms with van der Waals surface area (Å²) in [7, 11) is 0.